The molecule has 1 atom stereocenters. The Morgan fingerprint density at radius 2 is 1.02 bits per heavy atom. The average molecular weight is 769 g/mol. The maximum atomic E-state index is 6.69. The molecule has 5 heteroatoms. The molecule has 3 aliphatic rings. The standard InChI is InChI=1S/C55H36N4O/c1-3-14-35(15-4-1)38-19-11-20-40(32-38)53-57-52(37-16-5-2-6-17-37)58-54(59-53)41-28-30-46-44(34-41)43-33-39(42-22-12-18-36-21-13-31-56-51(36)42)27-29-45(43)55(46)47-23-7-9-25-49(47)60-50-26-10-8-24-48(50)55/h1-7,9,11-34H,8,10H2. The minimum Gasteiger partial charge on any atom is -0.457 e. The zero-order chi connectivity index (χ0) is 39.6. The molecular weight excluding hydrogens is 733 g/mol. The summed E-state index contributed by atoms with van der Waals surface area (Å²) >= 11 is 0. The molecule has 5 nitrogen and oxygen atoms in total. The summed E-state index contributed by atoms with van der Waals surface area (Å²) in [7, 11) is 0. The zero-order valence-corrected chi connectivity index (χ0v) is 32.6. The molecule has 0 fully saturated rings. The van der Waals surface area contributed by atoms with Crippen LogP contribution in [0, 0.1) is 0 Å². The second-order valence-electron chi connectivity index (χ2n) is 15.6. The van der Waals surface area contributed by atoms with Crippen LogP contribution in [0.25, 0.3) is 78.4 Å². The van der Waals surface area contributed by atoms with E-state index in [0.29, 0.717) is 17.5 Å². The van der Waals surface area contributed by atoms with E-state index in [1.54, 1.807) is 0 Å². The highest BCUT2D eigenvalue weighted by Crippen LogP contribution is 2.62. The number of benzene rings is 7. The first-order chi connectivity index (χ1) is 29.7. The van der Waals surface area contributed by atoms with Gasteiger partial charge in [0.2, 0.25) is 0 Å². The van der Waals surface area contributed by atoms with Crippen LogP contribution < -0.4 is 4.74 Å². The number of aromatic nitrogens is 4. The molecule has 1 aliphatic heterocycles. The van der Waals surface area contributed by atoms with Crippen molar-refractivity contribution in [3.05, 3.63) is 222 Å². The van der Waals surface area contributed by atoms with Gasteiger partial charge in [0.15, 0.2) is 17.5 Å². The third-order valence-corrected chi connectivity index (χ3v) is 12.3. The first-order valence-electron chi connectivity index (χ1n) is 20.5. The lowest BCUT2D eigenvalue weighted by molar-refractivity contribution is 0.383. The third kappa shape index (κ3) is 5.33. The van der Waals surface area contributed by atoms with Crippen molar-refractivity contribution in [3.63, 3.8) is 0 Å². The van der Waals surface area contributed by atoms with E-state index < -0.39 is 5.41 Å². The van der Waals surface area contributed by atoms with Gasteiger partial charge in [-0.25, -0.2) is 15.0 Å². The number of pyridine rings is 1. The highest BCUT2D eigenvalue weighted by atomic mass is 16.5. The zero-order valence-electron chi connectivity index (χ0n) is 32.6. The summed E-state index contributed by atoms with van der Waals surface area (Å²) in [5.41, 5.74) is 14.8. The molecule has 0 N–H and O–H groups in total. The van der Waals surface area contributed by atoms with E-state index in [4.69, 9.17) is 24.7 Å². The maximum absolute atomic E-state index is 6.69. The minimum atomic E-state index is -0.572. The fourth-order valence-electron chi connectivity index (χ4n) is 9.59. The van der Waals surface area contributed by atoms with Gasteiger partial charge in [-0.15, -0.1) is 0 Å². The van der Waals surface area contributed by atoms with E-state index in [1.165, 1.54) is 22.3 Å². The molecule has 0 bridgehead atoms. The van der Waals surface area contributed by atoms with E-state index >= 15 is 0 Å². The van der Waals surface area contributed by atoms with Gasteiger partial charge >= 0.3 is 0 Å². The second-order valence-corrected chi connectivity index (χ2v) is 15.6. The fraction of sp³-hybridized carbons (Fsp3) is 0.0545. The molecule has 2 aromatic heterocycles. The van der Waals surface area contributed by atoms with Crippen molar-refractivity contribution in [2.24, 2.45) is 0 Å². The molecule has 1 spiro atoms. The Hall–Kier alpha value is -7.76. The van der Waals surface area contributed by atoms with Crippen molar-refractivity contribution in [1.82, 2.24) is 19.9 Å². The molecule has 9 aromatic rings. The van der Waals surface area contributed by atoms with Gasteiger partial charge in [0.05, 0.1) is 10.9 Å². The smallest absolute Gasteiger partial charge is 0.164 e. The molecule has 2 aliphatic carbocycles. The summed E-state index contributed by atoms with van der Waals surface area (Å²) in [5.74, 6) is 3.70. The Bertz CT molecular complexity index is 3240. The van der Waals surface area contributed by atoms with Crippen LogP contribution >= 0.6 is 0 Å². The van der Waals surface area contributed by atoms with Crippen LogP contribution in [0.15, 0.2) is 206 Å². The Kier molecular flexibility index (Phi) is 7.82. The summed E-state index contributed by atoms with van der Waals surface area (Å²) in [6, 6.07) is 62.0. The number of ether oxygens (including phenoxy) is 1. The van der Waals surface area contributed by atoms with Gasteiger partial charge in [-0.1, -0.05) is 152 Å². The van der Waals surface area contributed by atoms with Crippen molar-refractivity contribution in [1.29, 1.82) is 0 Å². The number of fused-ring (bicyclic) bond motifs is 10. The number of para-hydroxylation sites is 2. The van der Waals surface area contributed by atoms with Gasteiger partial charge in [-0.3, -0.25) is 4.98 Å². The predicted octanol–water partition coefficient (Wildman–Crippen LogP) is 13.1. The van der Waals surface area contributed by atoms with Crippen LogP contribution in [0.3, 0.4) is 0 Å². The Morgan fingerprint density at radius 1 is 0.417 bits per heavy atom. The Balaban J connectivity index is 1.10. The molecule has 0 saturated carbocycles. The summed E-state index contributed by atoms with van der Waals surface area (Å²) in [4.78, 5) is 20.4. The monoisotopic (exact) mass is 768 g/mol. The van der Waals surface area contributed by atoms with E-state index in [0.717, 1.165) is 85.3 Å². The van der Waals surface area contributed by atoms with Crippen LogP contribution in [0.1, 0.15) is 29.5 Å². The van der Waals surface area contributed by atoms with Crippen molar-refractivity contribution >= 4 is 10.9 Å². The van der Waals surface area contributed by atoms with Gasteiger partial charge in [-0.2, -0.15) is 0 Å². The summed E-state index contributed by atoms with van der Waals surface area (Å²) in [6.07, 6.45) is 8.44. The number of hydrogen-bond acceptors (Lipinski definition) is 5. The SMILES string of the molecule is C1=C2Oc3ccccc3C3(C2=CCC1)c1ccc(-c2nc(-c4ccccc4)nc(-c4cccc(-c5ccccc5)c4)n2)cc1-c1cc(-c2cccc4cccnc24)ccc13. The molecule has 282 valence electrons. The number of nitrogens with zero attached hydrogens (tertiary/aromatic N) is 4. The summed E-state index contributed by atoms with van der Waals surface area (Å²) in [6.45, 7) is 0. The van der Waals surface area contributed by atoms with E-state index in [2.05, 4.69) is 158 Å². The van der Waals surface area contributed by atoms with E-state index in [1.807, 2.05) is 36.5 Å². The molecule has 60 heavy (non-hydrogen) atoms. The highest BCUT2D eigenvalue weighted by Gasteiger charge is 2.53. The minimum absolute atomic E-state index is 0.572. The van der Waals surface area contributed by atoms with Crippen LogP contribution in [-0.4, -0.2) is 19.9 Å². The lowest BCUT2D eigenvalue weighted by Crippen LogP contribution is -2.36. The average Bonchev–Trinajstić information content (AvgIpc) is 3.61. The highest BCUT2D eigenvalue weighted by molar-refractivity contribution is 5.97. The number of allylic oxidation sites excluding steroid dienone is 3. The van der Waals surface area contributed by atoms with Gasteiger partial charge in [0.25, 0.3) is 0 Å². The van der Waals surface area contributed by atoms with Crippen molar-refractivity contribution in [2.45, 2.75) is 18.3 Å². The van der Waals surface area contributed by atoms with Crippen LogP contribution in [-0.2, 0) is 5.41 Å². The normalized spacial score (nSPS) is 15.9. The molecule has 3 heterocycles. The van der Waals surface area contributed by atoms with Crippen LogP contribution in [0.5, 0.6) is 5.75 Å². The molecule has 1 unspecified atom stereocenters. The topological polar surface area (TPSA) is 60.8 Å². The second kappa shape index (κ2) is 13.7. The first kappa shape index (κ1) is 34.3. The van der Waals surface area contributed by atoms with Crippen LogP contribution in [0.2, 0.25) is 0 Å². The fourth-order valence-corrected chi connectivity index (χ4v) is 9.59. The van der Waals surface area contributed by atoms with Gasteiger partial charge in [0.1, 0.15) is 11.5 Å². The lowest BCUT2D eigenvalue weighted by atomic mass is 9.64. The third-order valence-electron chi connectivity index (χ3n) is 12.3. The van der Waals surface area contributed by atoms with E-state index in [9.17, 15) is 0 Å². The molecule has 0 amide bonds. The largest absolute Gasteiger partial charge is 0.457 e. The molecular formula is C55H36N4O. The summed E-state index contributed by atoms with van der Waals surface area (Å²) in [5, 5.41) is 1.12. The first-order valence-corrected chi connectivity index (χ1v) is 20.5. The number of hydrogen-bond donors (Lipinski definition) is 0. The number of rotatable bonds is 5. The maximum Gasteiger partial charge on any atom is 0.164 e. The quantitative estimate of drug-likeness (QED) is 0.174. The van der Waals surface area contributed by atoms with Crippen molar-refractivity contribution in [3.8, 4) is 73.3 Å². The van der Waals surface area contributed by atoms with Gasteiger partial charge in [0, 0.05) is 45.0 Å². The lowest BCUT2D eigenvalue weighted by Gasteiger charge is -2.42. The Labute approximate surface area is 348 Å². The van der Waals surface area contributed by atoms with Gasteiger partial charge in [-0.05, 0) is 88.2 Å². The predicted molar refractivity (Wildman–Crippen MR) is 240 cm³/mol. The van der Waals surface area contributed by atoms with Gasteiger partial charge < -0.3 is 4.74 Å². The summed E-state index contributed by atoms with van der Waals surface area (Å²) < 4.78 is 6.69. The molecule has 12 rings (SSSR count). The van der Waals surface area contributed by atoms with Crippen molar-refractivity contribution in [2.75, 3.05) is 0 Å². The van der Waals surface area contributed by atoms with Crippen LogP contribution in [0.4, 0.5) is 0 Å². The molecule has 0 radical (unpaired) electrons. The van der Waals surface area contributed by atoms with E-state index in [-0.39, 0.29) is 0 Å². The Morgan fingerprint density at radius 3 is 1.82 bits per heavy atom. The molecule has 0 saturated heterocycles. The van der Waals surface area contributed by atoms with Crippen molar-refractivity contribution < 1.29 is 4.74 Å². The molecule has 7 aromatic carbocycles.